The lowest BCUT2D eigenvalue weighted by atomic mass is 10.5. The molecule has 9 heavy (non-hydrogen) atoms. The highest BCUT2D eigenvalue weighted by atomic mass is 32.1. The Labute approximate surface area is 59.1 Å². The van der Waals surface area contributed by atoms with Crippen molar-refractivity contribution < 1.29 is 0 Å². The van der Waals surface area contributed by atoms with E-state index in [0.717, 1.165) is 5.01 Å². The first kappa shape index (κ1) is 6.49. The van der Waals surface area contributed by atoms with Gasteiger partial charge in [-0.2, -0.15) is 0 Å². The van der Waals surface area contributed by atoms with Gasteiger partial charge in [0.05, 0.1) is 0 Å². The molecule has 1 rings (SSSR count). The van der Waals surface area contributed by atoms with Gasteiger partial charge in [0.15, 0.2) is 0 Å². The molecule has 1 aromatic rings. The van der Waals surface area contributed by atoms with Crippen molar-refractivity contribution in [2.75, 3.05) is 0 Å². The molecule has 0 N–H and O–H groups in total. The summed E-state index contributed by atoms with van der Waals surface area (Å²) in [6.45, 7) is 4.06. The van der Waals surface area contributed by atoms with Crippen LogP contribution in [-0.4, -0.2) is 4.98 Å². The fourth-order valence-corrected chi connectivity index (χ4v) is 1.34. The first-order chi connectivity index (χ1) is 4.33. The molecule has 48 valence electrons. The van der Waals surface area contributed by atoms with E-state index in [4.69, 9.17) is 0 Å². The fourth-order valence-electron chi connectivity index (χ4n) is 0.592. The van der Waals surface area contributed by atoms with E-state index in [1.165, 1.54) is 4.88 Å². The van der Waals surface area contributed by atoms with Gasteiger partial charge in [-0.3, -0.25) is 0 Å². The van der Waals surface area contributed by atoms with Crippen molar-refractivity contribution >= 4 is 17.4 Å². The normalized spacial score (nSPS) is 10.9. The van der Waals surface area contributed by atoms with E-state index in [1.54, 1.807) is 11.3 Å². The number of rotatable bonds is 1. The second-order valence-electron chi connectivity index (χ2n) is 1.81. The van der Waals surface area contributed by atoms with Crippen LogP contribution in [-0.2, 0) is 0 Å². The molecule has 1 aromatic heterocycles. The molecular weight excluding hydrogens is 130 g/mol. The second-order valence-corrected chi connectivity index (χ2v) is 3.08. The standard InChI is InChI=1S/C7H9NS/c1-3-4-7-8-5-6(2)9-7/h3-5H,1-2H3/b4-3+. The summed E-state index contributed by atoms with van der Waals surface area (Å²) in [7, 11) is 0. The minimum Gasteiger partial charge on any atom is -0.245 e. The number of thiazole rings is 1. The number of aromatic nitrogens is 1. The largest absolute Gasteiger partial charge is 0.245 e. The first-order valence-corrected chi connectivity index (χ1v) is 3.69. The molecule has 2 heteroatoms. The van der Waals surface area contributed by atoms with E-state index in [2.05, 4.69) is 11.9 Å². The van der Waals surface area contributed by atoms with E-state index in [-0.39, 0.29) is 0 Å². The van der Waals surface area contributed by atoms with Crippen LogP contribution in [0.4, 0.5) is 0 Å². The van der Waals surface area contributed by atoms with Gasteiger partial charge in [-0.05, 0) is 19.9 Å². The van der Waals surface area contributed by atoms with Gasteiger partial charge in [-0.1, -0.05) is 6.08 Å². The van der Waals surface area contributed by atoms with Crippen molar-refractivity contribution in [3.63, 3.8) is 0 Å². The molecule has 1 heterocycles. The summed E-state index contributed by atoms with van der Waals surface area (Å²) in [5.74, 6) is 0. The van der Waals surface area contributed by atoms with Gasteiger partial charge in [0, 0.05) is 11.1 Å². The van der Waals surface area contributed by atoms with Crippen LogP contribution in [0.2, 0.25) is 0 Å². The lowest BCUT2D eigenvalue weighted by molar-refractivity contribution is 1.36. The average Bonchev–Trinajstić information content (AvgIpc) is 2.17. The van der Waals surface area contributed by atoms with Gasteiger partial charge in [-0.25, -0.2) is 4.98 Å². The first-order valence-electron chi connectivity index (χ1n) is 2.88. The molecule has 0 aromatic carbocycles. The van der Waals surface area contributed by atoms with Gasteiger partial charge >= 0.3 is 0 Å². The Hall–Kier alpha value is -0.630. The zero-order valence-electron chi connectivity index (χ0n) is 5.59. The number of nitrogens with zero attached hydrogens (tertiary/aromatic N) is 1. The molecule has 0 aliphatic carbocycles. The summed E-state index contributed by atoms with van der Waals surface area (Å²) in [4.78, 5) is 5.40. The topological polar surface area (TPSA) is 12.9 Å². The monoisotopic (exact) mass is 139 g/mol. The van der Waals surface area contributed by atoms with E-state index in [0.29, 0.717) is 0 Å². The second kappa shape index (κ2) is 2.78. The molecule has 0 saturated heterocycles. The Balaban J connectivity index is 2.85. The highest BCUT2D eigenvalue weighted by Crippen LogP contribution is 2.11. The lowest BCUT2D eigenvalue weighted by Crippen LogP contribution is -1.60. The molecule has 0 amide bonds. The molecule has 0 saturated carbocycles. The van der Waals surface area contributed by atoms with Gasteiger partial charge in [-0.15, -0.1) is 11.3 Å². The molecule has 0 unspecified atom stereocenters. The van der Waals surface area contributed by atoms with Crippen LogP contribution in [0.25, 0.3) is 6.08 Å². The van der Waals surface area contributed by atoms with Gasteiger partial charge in [0.2, 0.25) is 0 Å². The van der Waals surface area contributed by atoms with Crippen LogP contribution in [0.15, 0.2) is 12.3 Å². The van der Waals surface area contributed by atoms with E-state index >= 15 is 0 Å². The molecule has 0 bridgehead atoms. The maximum absolute atomic E-state index is 4.14. The number of hydrogen-bond donors (Lipinski definition) is 0. The van der Waals surface area contributed by atoms with Crippen LogP contribution in [0, 0.1) is 6.92 Å². The molecule has 1 nitrogen and oxygen atoms in total. The SMILES string of the molecule is C/C=C/c1ncc(C)s1. The van der Waals surface area contributed by atoms with E-state index in [9.17, 15) is 0 Å². The molecular formula is C7H9NS. The predicted molar refractivity (Wildman–Crippen MR) is 41.6 cm³/mol. The van der Waals surface area contributed by atoms with Gasteiger partial charge in [0.25, 0.3) is 0 Å². The van der Waals surface area contributed by atoms with Gasteiger partial charge < -0.3 is 0 Å². The number of allylic oxidation sites excluding steroid dienone is 1. The number of hydrogen-bond acceptors (Lipinski definition) is 2. The Kier molecular flexibility index (Phi) is 2.01. The predicted octanol–water partition coefficient (Wildman–Crippen LogP) is 2.48. The average molecular weight is 139 g/mol. The smallest absolute Gasteiger partial charge is 0.115 e. The van der Waals surface area contributed by atoms with E-state index < -0.39 is 0 Å². The molecule has 0 fully saturated rings. The summed E-state index contributed by atoms with van der Waals surface area (Å²) in [5, 5.41) is 1.09. The third kappa shape index (κ3) is 1.64. The zero-order chi connectivity index (χ0) is 6.69. The highest BCUT2D eigenvalue weighted by molar-refractivity contribution is 7.12. The third-order valence-corrected chi connectivity index (χ3v) is 1.83. The Morgan fingerprint density at radius 2 is 2.44 bits per heavy atom. The quantitative estimate of drug-likeness (QED) is 0.582. The van der Waals surface area contributed by atoms with Crippen molar-refractivity contribution in [3.8, 4) is 0 Å². The molecule has 0 atom stereocenters. The summed E-state index contributed by atoms with van der Waals surface area (Å²) >= 11 is 1.71. The van der Waals surface area contributed by atoms with Crippen LogP contribution in [0.1, 0.15) is 16.8 Å². The summed E-state index contributed by atoms with van der Waals surface area (Å²) in [6.07, 6.45) is 5.90. The lowest BCUT2D eigenvalue weighted by Gasteiger charge is -1.75. The summed E-state index contributed by atoms with van der Waals surface area (Å²) < 4.78 is 0. The highest BCUT2D eigenvalue weighted by Gasteiger charge is 1.89. The van der Waals surface area contributed by atoms with Gasteiger partial charge in [0.1, 0.15) is 5.01 Å². The van der Waals surface area contributed by atoms with Crippen LogP contribution < -0.4 is 0 Å². The fraction of sp³-hybridized carbons (Fsp3) is 0.286. The van der Waals surface area contributed by atoms with Crippen LogP contribution >= 0.6 is 11.3 Å². The van der Waals surface area contributed by atoms with Crippen molar-refractivity contribution in [2.45, 2.75) is 13.8 Å². The van der Waals surface area contributed by atoms with Crippen LogP contribution in [0.3, 0.4) is 0 Å². The Morgan fingerprint density at radius 1 is 1.67 bits per heavy atom. The summed E-state index contributed by atoms with van der Waals surface area (Å²) in [6, 6.07) is 0. The van der Waals surface area contributed by atoms with E-state index in [1.807, 2.05) is 25.3 Å². The minimum absolute atomic E-state index is 1.09. The van der Waals surface area contributed by atoms with Crippen LogP contribution in [0.5, 0.6) is 0 Å². The Bertz CT molecular complexity index is 212. The number of aryl methyl sites for hydroxylation is 1. The molecule has 0 radical (unpaired) electrons. The maximum Gasteiger partial charge on any atom is 0.115 e. The van der Waals surface area contributed by atoms with Crippen molar-refractivity contribution in [2.24, 2.45) is 0 Å². The zero-order valence-corrected chi connectivity index (χ0v) is 6.40. The molecule has 0 spiro atoms. The summed E-state index contributed by atoms with van der Waals surface area (Å²) in [5.41, 5.74) is 0. The maximum atomic E-state index is 4.14. The Morgan fingerprint density at radius 3 is 2.89 bits per heavy atom. The van der Waals surface area contributed by atoms with Crippen molar-refractivity contribution in [1.82, 2.24) is 4.98 Å². The minimum atomic E-state index is 1.09. The molecule has 0 aliphatic rings. The van der Waals surface area contributed by atoms with Crippen molar-refractivity contribution in [3.05, 3.63) is 22.2 Å². The van der Waals surface area contributed by atoms with Crippen molar-refractivity contribution in [1.29, 1.82) is 0 Å². The molecule has 0 aliphatic heterocycles. The third-order valence-electron chi connectivity index (χ3n) is 0.948.